The van der Waals surface area contributed by atoms with Crippen molar-refractivity contribution >= 4 is 15.9 Å². The van der Waals surface area contributed by atoms with Gasteiger partial charge in [0.05, 0.1) is 0 Å². The van der Waals surface area contributed by atoms with Crippen molar-refractivity contribution in [1.82, 2.24) is 9.62 Å². The summed E-state index contributed by atoms with van der Waals surface area (Å²) in [6.45, 7) is 0.558. The summed E-state index contributed by atoms with van der Waals surface area (Å²) in [4.78, 5) is 13.8. The zero-order valence-corrected chi connectivity index (χ0v) is 14.0. The van der Waals surface area contributed by atoms with E-state index in [1.165, 1.54) is 29.6 Å². The Kier molecular flexibility index (Phi) is 5.57. The molecule has 0 radical (unpaired) electrons. The Labute approximate surface area is 136 Å². The van der Waals surface area contributed by atoms with Gasteiger partial charge in [0.25, 0.3) is 15.9 Å². The van der Waals surface area contributed by atoms with Gasteiger partial charge in [-0.05, 0) is 37.6 Å². The number of hydrogen-bond donors (Lipinski definition) is 1. The minimum absolute atomic E-state index is 0.0148. The highest BCUT2D eigenvalue weighted by Crippen LogP contribution is 2.15. The second kappa shape index (κ2) is 7.43. The van der Waals surface area contributed by atoms with Crippen LogP contribution < -0.4 is 4.72 Å². The molecule has 1 aromatic heterocycles. The van der Waals surface area contributed by atoms with Gasteiger partial charge in [0, 0.05) is 13.6 Å². The highest BCUT2D eigenvalue weighted by atomic mass is 32.2. The Hall–Kier alpha value is -2.12. The average Bonchev–Trinajstić information content (AvgIpc) is 3.06. The fourth-order valence-corrected chi connectivity index (χ4v) is 2.78. The van der Waals surface area contributed by atoms with Crippen LogP contribution in [0.25, 0.3) is 0 Å². The van der Waals surface area contributed by atoms with Crippen LogP contribution in [0.1, 0.15) is 22.5 Å². The minimum atomic E-state index is -3.68. The van der Waals surface area contributed by atoms with E-state index in [4.69, 9.17) is 4.42 Å². The lowest BCUT2D eigenvalue weighted by Gasteiger charge is -2.15. The van der Waals surface area contributed by atoms with Gasteiger partial charge in [-0.3, -0.25) is 4.79 Å². The molecule has 1 heterocycles. The van der Waals surface area contributed by atoms with Crippen LogP contribution in [0.3, 0.4) is 0 Å². The first-order valence-electron chi connectivity index (χ1n) is 7.27. The standard InChI is InChI=1S/C16H20N2O4S/c1-17-23(20,21)15-11-10-14(22-15)16(19)18(2)12-6-9-13-7-4-3-5-8-13/h3-5,7-8,10-11,17H,6,9,12H2,1-2H3. The van der Waals surface area contributed by atoms with Gasteiger partial charge in [0.15, 0.2) is 5.76 Å². The molecule has 0 unspecified atom stereocenters. The fourth-order valence-electron chi connectivity index (χ4n) is 2.13. The van der Waals surface area contributed by atoms with Crippen molar-refractivity contribution in [3.8, 4) is 0 Å². The average molecular weight is 336 g/mol. The van der Waals surface area contributed by atoms with Gasteiger partial charge in [-0.15, -0.1) is 0 Å². The molecule has 0 aliphatic carbocycles. The van der Waals surface area contributed by atoms with E-state index in [-0.39, 0.29) is 16.8 Å². The van der Waals surface area contributed by atoms with Crippen molar-refractivity contribution < 1.29 is 17.6 Å². The van der Waals surface area contributed by atoms with E-state index in [0.717, 1.165) is 12.8 Å². The van der Waals surface area contributed by atoms with Crippen molar-refractivity contribution in [2.24, 2.45) is 0 Å². The maximum atomic E-state index is 12.2. The number of carbonyl (C=O) groups excluding carboxylic acids is 1. The second-order valence-electron chi connectivity index (χ2n) is 5.14. The molecule has 0 aliphatic rings. The lowest BCUT2D eigenvalue weighted by Crippen LogP contribution is -2.27. The number of nitrogens with zero attached hydrogens (tertiary/aromatic N) is 1. The first kappa shape index (κ1) is 17.2. The number of carbonyl (C=O) groups is 1. The third-order valence-electron chi connectivity index (χ3n) is 3.47. The van der Waals surface area contributed by atoms with Crippen molar-refractivity contribution in [2.45, 2.75) is 17.9 Å². The zero-order chi connectivity index (χ0) is 16.9. The SMILES string of the molecule is CNS(=O)(=O)c1ccc(C(=O)N(C)CCCc2ccccc2)o1. The molecule has 1 aromatic carbocycles. The summed E-state index contributed by atoms with van der Waals surface area (Å²) in [5.41, 5.74) is 1.22. The molecule has 6 nitrogen and oxygen atoms in total. The number of aryl methyl sites for hydroxylation is 1. The number of amides is 1. The molecule has 0 saturated carbocycles. The molecule has 0 spiro atoms. The molecular weight excluding hydrogens is 316 g/mol. The molecule has 0 bridgehead atoms. The summed E-state index contributed by atoms with van der Waals surface area (Å²) in [5.74, 6) is -0.323. The van der Waals surface area contributed by atoms with E-state index in [1.54, 1.807) is 7.05 Å². The van der Waals surface area contributed by atoms with E-state index in [1.807, 2.05) is 30.3 Å². The monoisotopic (exact) mass is 336 g/mol. The van der Waals surface area contributed by atoms with Gasteiger partial charge < -0.3 is 9.32 Å². The zero-order valence-electron chi connectivity index (χ0n) is 13.2. The highest BCUT2D eigenvalue weighted by Gasteiger charge is 2.21. The van der Waals surface area contributed by atoms with E-state index in [9.17, 15) is 13.2 Å². The van der Waals surface area contributed by atoms with Gasteiger partial charge >= 0.3 is 0 Å². The summed E-state index contributed by atoms with van der Waals surface area (Å²) in [5, 5.41) is -0.263. The molecule has 0 fully saturated rings. The highest BCUT2D eigenvalue weighted by molar-refractivity contribution is 7.89. The molecule has 1 N–H and O–H groups in total. The predicted molar refractivity (Wildman–Crippen MR) is 86.7 cm³/mol. The Morgan fingerprint density at radius 2 is 1.87 bits per heavy atom. The molecule has 0 saturated heterocycles. The van der Waals surface area contributed by atoms with E-state index >= 15 is 0 Å². The predicted octanol–water partition coefficient (Wildman–Crippen LogP) is 1.89. The van der Waals surface area contributed by atoms with E-state index < -0.39 is 10.0 Å². The normalized spacial score (nSPS) is 11.4. The van der Waals surface area contributed by atoms with Gasteiger partial charge in [-0.2, -0.15) is 0 Å². The van der Waals surface area contributed by atoms with Crippen molar-refractivity contribution in [2.75, 3.05) is 20.6 Å². The third kappa shape index (κ3) is 4.43. The summed E-state index contributed by atoms with van der Waals surface area (Å²) in [7, 11) is -0.721. The molecular formula is C16H20N2O4S. The number of rotatable bonds is 7. The fraction of sp³-hybridized carbons (Fsp3) is 0.312. The van der Waals surface area contributed by atoms with Crippen molar-refractivity contribution in [3.05, 3.63) is 53.8 Å². The summed E-state index contributed by atoms with van der Waals surface area (Å²) in [6.07, 6.45) is 1.69. The van der Waals surface area contributed by atoms with Crippen LogP contribution in [0.15, 0.2) is 52.0 Å². The summed E-state index contributed by atoms with van der Waals surface area (Å²) < 4.78 is 30.5. The van der Waals surface area contributed by atoms with Crippen molar-refractivity contribution in [1.29, 1.82) is 0 Å². The lowest BCUT2D eigenvalue weighted by molar-refractivity contribution is 0.0756. The summed E-state index contributed by atoms with van der Waals surface area (Å²) >= 11 is 0. The number of furan rings is 1. The van der Waals surface area contributed by atoms with Crippen LogP contribution in [0.2, 0.25) is 0 Å². The lowest BCUT2D eigenvalue weighted by atomic mass is 10.1. The van der Waals surface area contributed by atoms with Gasteiger partial charge in [-0.25, -0.2) is 13.1 Å². The van der Waals surface area contributed by atoms with Crippen LogP contribution >= 0.6 is 0 Å². The molecule has 0 atom stereocenters. The topological polar surface area (TPSA) is 79.6 Å². The maximum Gasteiger partial charge on any atom is 0.289 e. The van der Waals surface area contributed by atoms with Gasteiger partial charge in [0.2, 0.25) is 5.09 Å². The van der Waals surface area contributed by atoms with Gasteiger partial charge in [0.1, 0.15) is 0 Å². The van der Waals surface area contributed by atoms with Crippen LogP contribution in [-0.2, 0) is 16.4 Å². The van der Waals surface area contributed by atoms with Crippen LogP contribution in [0.5, 0.6) is 0 Å². The van der Waals surface area contributed by atoms with Crippen molar-refractivity contribution in [3.63, 3.8) is 0 Å². The minimum Gasteiger partial charge on any atom is -0.438 e. The number of benzene rings is 1. The van der Waals surface area contributed by atoms with Crippen LogP contribution in [0.4, 0.5) is 0 Å². The smallest absolute Gasteiger partial charge is 0.289 e. The first-order chi connectivity index (χ1) is 10.9. The van der Waals surface area contributed by atoms with Crippen LogP contribution in [-0.4, -0.2) is 39.9 Å². The maximum absolute atomic E-state index is 12.2. The number of nitrogens with one attached hydrogen (secondary N) is 1. The second-order valence-corrected chi connectivity index (χ2v) is 6.96. The Morgan fingerprint density at radius 3 is 2.52 bits per heavy atom. The van der Waals surface area contributed by atoms with Gasteiger partial charge in [-0.1, -0.05) is 30.3 Å². The molecule has 7 heteroatoms. The molecule has 2 rings (SSSR count). The van der Waals surface area contributed by atoms with E-state index in [2.05, 4.69) is 4.72 Å². The third-order valence-corrected chi connectivity index (χ3v) is 4.76. The molecule has 23 heavy (non-hydrogen) atoms. The molecule has 0 aliphatic heterocycles. The number of sulfonamides is 1. The molecule has 1 amide bonds. The first-order valence-corrected chi connectivity index (χ1v) is 8.75. The Morgan fingerprint density at radius 1 is 1.17 bits per heavy atom. The van der Waals surface area contributed by atoms with E-state index in [0.29, 0.717) is 6.54 Å². The quantitative estimate of drug-likeness (QED) is 0.837. The summed E-state index contributed by atoms with van der Waals surface area (Å²) in [6, 6.07) is 12.7. The Bertz CT molecular complexity index is 753. The van der Waals surface area contributed by atoms with Crippen LogP contribution in [0, 0.1) is 0 Å². The molecule has 2 aromatic rings. The largest absolute Gasteiger partial charge is 0.438 e. The molecule has 124 valence electrons. The number of hydrogen-bond acceptors (Lipinski definition) is 4. The Balaban J connectivity index is 1.92.